The van der Waals surface area contributed by atoms with E-state index in [1.165, 1.54) is 21.2 Å². The van der Waals surface area contributed by atoms with Gasteiger partial charge in [-0.25, -0.2) is 4.90 Å². The molecule has 10 heteroatoms. The minimum Gasteiger partial charge on any atom is -0.325 e. The number of fused-ring (bicyclic) bond motifs is 2. The second-order valence-electron chi connectivity index (χ2n) is 11.4. The van der Waals surface area contributed by atoms with Crippen molar-refractivity contribution in [3.05, 3.63) is 110 Å². The highest BCUT2D eigenvalue weighted by molar-refractivity contribution is 8.00. The number of imide groups is 1. The standard InChI is InChI=1S/C32H28ClN3O4S2/c1-32(2,3)19-11-9-18(10-12-19)24-25-26(29(39)36(28(25)38)22-7-5-4-6-8-22)41-30-27(24)42-31(40)35(30)17-23(37)34-21-15-13-20(33)14-16-21/h4-16,24-26H,17H2,1-3H3,(H,34,37). The Morgan fingerprint density at radius 1 is 0.905 bits per heavy atom. The highest BCUT2D eigenvalue weighted by Gasteiger charge is 2.56. The molecule has 1 fully saturated rings. The van der Waals surface area contributed by atoms with Crippen LogP contribution >= 0.6 is 34.7 Å². The van der Waals surface area contributed by atoms with E-state index in [1.807, 2.05) is 30.3 Å². The van der Waals surface area contributed by atoms with Crippen molar-refractivity contribution in [2.75, 3.05) is 10.2 Å². The van der Waals surface area contributed by atoms with Gasteiger partial charge in [0.05, 0.1) is 16.6 Å². The van der Waals surface area contributed by atoms with Gasteiger partial charge in [-0.05, 0) is 52.9 Å². The van der Waals surface area contributed by atoms with Crippen molar-refractivity contribution in [3.63, 3.8) is 0 Å². The molecule has 0 radical (unpaired) electrons. The third kappa shape index (κ3) is 5.10. The maximum Gasteiger partial charge on any atom is 0.308 e. The summed E-state index contributed by atoms with van der Waals surface area (Å²) in [5.74, 6) is -2.19. The lowest BCUT2D eigenvalue weighted by Gasteiger charge is -2.31. The molecule has 6 rings (SSSR count). The molecule has 4 aromatic rings. The smallest absolute Gasteiger partial charge is 0.308 e. The molecule has 3 unspecified atom stereocenters. The van der Waals surface area contributed by atoms with Crippen LogP contribution in [0, 0.1) is 5.92 Å². The van der Waals surface area contributed by atoms with Gasteiger partial charge in [0.1, 0.15) is 11.8 Å². The van der Waals surface area contributed by atoms with E-state index < -0.39 is 17.1 Å². The van der Waals surface area contributed by atoms with Crippen molar-refractivity contribution >= 4 is 63.8 Å². The Hall–Kier alpha value is -3.66. The zero-order valence-corrected chi connectivity index (χ0v) is 25.6. The number of para-hydroxylation sites is 1. The van der Waals surface area contributed by atoms with Crippen LogP contribution in [0.4, 0.5) is 11.4 Å². The Balaban J connectivity index is 1.41. The number of anilines is 2. The van der Waals surface area contributed by atoms with Crippen LogP contribution in [0.15, 0.2) is 88.7 Å². The molecule has 2 aliphatic rings. The first kappa shape index (κ1) is 28.5. The van der Waals surface area contributed by atoms with Gasteiger partial charge in [0.15, 0.2) is 0 Å². The molecule has 1 aromatic heterocycles. The second kappa shape index (κ2) is 10.9. The monoisotopic (exact) mass is 617 g/mol. The summed E-state index contributed by atoms with van der Waals surface area (Å²) in [4.78, 5) is 55.9. The number of halogens is 1. The van der Waals surface area contributed by atoms with Gasteiger partial charge < -0.3 is 5.32 Å². The summed E-state index contributed by atoms with van der Waals surface area (Å²) in [6.07, 6.45) is 0. The number of hydrogen-bond acceptors (Lipinski definition) is 6. The fourth-order valence-electron chi connectivity index (χ4n) is 5.51. The summed E-state index contributed by atoms with van der Waals surface area (Å²) in [6.45, 7) is 6.17. The maximum absolute atomic E-state index is 14.0. The van der Waals surface area contributed by atoms with Gasteiger partial charge >= 0.3 is 4.87 Å². The fraction of sp³-hybridized carbons (Fsp3) is 0.250. The van der Waals surface area contributed by atoms with Gasteiger partial charge in [-0.3, -0.25) is 23.7 Å². The van der Waals surface area contributed by atoms with Crippen LogP contribution in [0.2, 0.25) is 5.02 Å². The Kier molecular flexibility index (Phi) is 7.37. The number of benzene rings is 3. The first-order valence-electron chi connectivity index (χ1n) is 13.5. The molecule has 214 valence electrons. The normalized spacial score (nSPS) is 19.9. The van der Waals surface area contributed by atoms with E-state index in [0.717, 1.165) is 22.5 Å². The topological polar surface area (TPSA) is 88.5 Å². The molecular weight excluding hydrogens is 590 g/mol. The molecule has 0 saturated carbocycles. The maximum atomic E-state index is 14.0. The Labute approximate surface area is 256 Å². The van der Waals surface area contributed by atoms with Gasteiger partial charge in [-0.15, -0.1) is 0 Å². The quantitative estimate of drug-likeness (QED) is 0.266. The minimum atomic E-state index is -0.739. The van der Waals surface area contributed by atoms with Crippen LogP contribution in [0.25, 0.3) is 0 Å². The number of aromatic nitrogens is 1. The van der Waals surface area contributed by atoms with E-state index in [4.69, 9.17) is 11.6 Å². The number of carbonyl (C=O) groups excluding carboxylic acids is 3. The van der Waals surface area contributed by atoms with Crippen molar-refractivity contribution in [2.45, 2.75) is 48.9 Å². The molecule has 3 atom stereocenters. The largest absolute Gasteiger partial charge is 0.325 e. The van der Waals surface area contributed by atoms with E-state index >= 15 is 0 Å². The minimum absolute atomic E-state index is 0.0660. The van der Waals surface area contributed by atoms with Crippen LogP contribution in [0.1, 0.15) is 42.7 Å². The summed E-state index contributed by atoms with van der Waals surface area (Å²) in [5, 5.41) is 3.16. The van der Waals surface area contributed by atoms with E-state index in [-0.39, 0.29) is 34.6 Å². The molecule has 1 N–H and O–H groups in total. The van der Waals surface area contributed by atoms with Gasteiger partial charge in [0.25, 0.3) is 0 Å². The van der Waals surface area contributed by atoms with Crippen LogP contribution in [0.3, 0.4) is 0 Å². The lowest BCUT2D eigenvalue weighted by Crippen LogP contribution is -2.33. The van der Waals surface area contributed by atoms with Crippen LogP contribution < -0.4 is 15.1 Å². The molecule has 0 bridgehead atoms. The van der Waals surface area contributed by atoms with Crippen LogP contribution in [-0.2, 0) is 26.3 Å². The fourth-order valence-corrected chi connectivity index (χ4v) is 8.41. The van der Waals surface area contributed by atoms with Crippen molar-refractivity contribution in [1.82, 2.24) is 4.57 Å². The van der Waals surface area contributed by atoms with E-state index in [9.17, 15) is 19.2 Å². The van der Waals surface area contributed by atoms with Crippen LogP contribution in [-0.4, -0.2) is 27.5 Å². The molecule has 0 spiro atoms. The molecule has 3 heterocycles. The number of nitrogens with zero attached hydrogens (tertiary/aromatic N) is 2. The third-order valence-corrected chi connectivity index (χ3v) is 10.5. The number of rotatable bonds is 5. The zero-order valence-electron chi connectivity index (χ0n) is 23.2. The predicted molar refractivity (Wildman–Crippen MR) is 168 cm³/mol. The number of thioether (sulfide) groups is 1. The first-order valence-corrected chi connectivity index (χ1v) is 15.6. The molecule has 1 saturated heterocycles. The predicted octanol–water partition coefficient (Wildman–Crippen LogP) is 6.30. The highest BCUT2D eigenvalue weighted by atomic mass is 35.5. The molecule has 0 aliphatic carbocycles. The third-order valence-electron chi connectivity index (χ3n) is 7.63. The Morgan fingerprint density at radius 2 is 1.57 bits per heavy atom. The van der Waals surface area contributed by atoms with Gasteiger partial charge in [0, 0.05) is 21.5 Å². The van der Waals surface area contributed by atoms with Crippen molar-refractivity contribution in [1.29, 1.82) is 0 Å². The first-order chi connectivity index (χ1) is 20.0. The average Bonchev–Trinajstić information content (AvgIpc) is 3.40. The zero-order chi connectivity index (χ0) is 29.8. The Bertz CT molecular complexity index is 1740. The van der Waals surface area contributed by atoms with E-state index in [1.54, 1.807) is 48.5 Å². The lowest BCUT2D eigenvalue weighted by atomic mass is 9.81. The summed E-state index contributed by atoms with van der Waals surface area (Å²) in [5.41, 5.74) is 3.00. The molecule has 7 nitrogen and oxygen atoms in total. The number of hydrogen-bond donors (Lipinski definition) is 1. The van der Waals surface area contributed by atoms with Gasteiger partial charge in [0.2, 0.25) is 17.7 Å². The summed E-state index contributed by atoms with van der Waals surface area (Å²) < 4.78 is 1.42. The molecule has 3 amide bonds. The molecule has 2 aliphatic heterocycles. The van der Waals surface area contributed by atoms with Gasteiger partial charge in [-0.2, -0.15) is 0 Å². The summed E-state index contributed by atoms with van der Waals surface area (Å²) in [7, 11) is 0. The lowest BCUT2D eigenvalue weighted by molar-refractivity contribution is -0.122. The molecule has 42 heavy (non-hydrogen) atoms. The summed E-state index contributed by atoms with van der Waals surface area (Å²) in [6, 6.07) is 23.7. The van der Waals surface area contributed by atoms with Gasteiger partial charge in [-0.1, -0.05) is 97.9 Å². The average molecular weight is 618 g/mol. The number of nitrogens with one attached hydrogen (secondary N) is 1. The van der Waals surface area contributed by atoms with Crippen LogP contribution in [0.5, 0.6) is 0 Å². The highest BCUT2D eigenvalue weighted by Crippen LogP contribution is 2.54. The number of carbonyl (C=O) groups is 3. The van der Waals surface area contributed by atoms with Crippen molar-refractivity contribution < 1.29 is 14.4 Å². The molecular formula is C32H28ClN3O4S2. The van der Waals surface area contributed by atoms with E-state index in [0.29, 0.717) is 26.3 Å². The Morgan fingerprint density at radius 3 is 2.21 bits per heavy atom. The number of amides is 3. The molecule has 3 aromatic carbocycles. The summed E-state index contributed by atoms with van der Waals surface area (Å²) >= 11 is 8.20. The SMILES string of the molecule is CC(C)(C)c1ccc(C2c3sc(=O)n(CC(=O)Nc4ccc(Cl)cc4)c3SC3C(=O)N(c4ccccc4)C(=O)C32)cc1. The van der Waals surface area contributed by atoms with Crippen molar-refractivity contribution in [3.8, 4) is 0 Å². The van der Waals surface area contributed by atoms with Crippen molar-refractivity contribution in [2.24, 2.45) is 5.92 Å². The second-order valence-corrected chi connectivity index (χ2v) is 14.0. The van der Waals surface area contributed by atoms with E-state index in [2.05, 4.69) is 26.1 Å². The number of thiazole rings is 1.